The predicted octanol–water partition coefficient (Wildman–Crippen LogP) is 0.0726. The molecule has 1 atom stereocenters. The van der Waals surface area contributed by atoms with Crippen molar-refractivity contribution in [2.75, 3.05) is 7.11 Å². The van der Waals surface area contributed by atoms with Gasteiger partial charge in [0.25, 0.3) is 0 Å². The Morgan fingerprint density at radius 2 is 2.00 bits per heavy atom. The van der Waals surface area contributed by atoms with E-state index in [4.69, 9.17) is 15.6 Å². The monoisotopic (exact) mass is 294 g/mol. The van der Waals surface area contributed by atoms with Crippen LogP contribution in [-0.4, -0.2) is 36.0 Å². The number of rotatable bonds is 8. The summed E-state index contributed by atoms with van der Waals surface area (Å²) in [4.78, 5) is 33.6. The van der Waals surface area contributed by atoms with Crippen molar-refractivity contribution in [1.82, 2.24) is 5.32 Å². The van der Waals surface area contributed by atoms with E-state index in [9.17, 15) is 14.4 Å². The van der Waals surface area contributed by atoms with Gasteiger partial charge in [-0.2, -0.15) is 0 Å². The number of amides is 2. The van der Waals surface area contributed by atoms with E-state index in [1.165, 1.54) is 7.11 Å². The second-order valence-electron chi connectivity index (χ2n) is 4.45. The van der Waals surface area contributed by atoms with Gasteiger partial charge in [-0.1, -0.05) is 18.2 Å². The summed E-state index contributed by atoms with van der Waals surface area (Å²) in [6.45, 7) is 0. The van der Waals surface area contributed by atoms with Gasteiger partial charge < -0.3 is 20.9 Å². The summed E-state index contributed by atoms with van der Waals surface area (Å²) in [6.07, 6.45) is -0.154. The smallest absolute Gasteiger partial charge is 0.326 e. The summed E-state index contributed by atoms with van der Waals surface area (Å²) in [5.74, 6) is -1.72. The van der Waals surface area contributed by atoms with Crippen LogP contribution in [0.4, 0.5) is 0 Å². The normalized spacial score (nSPS) is 11.5. The molecule has 21 heavy (non-hydrogen) atoms. The minimum Gasteiger partial charge on any atom is -0.496 e. The molecule has 0 aromatic heterocycles. The van der Waals surface area contributed by atoms with Crippen LogP contribution in [0.2, 0.25) is 0 Å². The van der Waals surface area contributed by atoms with Crippen LogP contribution in [0.25, 0.3) is 0 Å². The van der Waals surface area contributed by atoms with Crippen LogP contribution in [0.15, 0.2) is 24.3 Å². The Hall–Kier alpha value is -2.57. The Kier molecular flexibility index (Phi) is 6.19. The highest BCUT2D eigenvalue weighted by Gasteiger charge is 2.21. The number of hydrogen-bond acceptors (Lipinski definition) is 4. The van der Waals surface area contributed by atoms with Crippen molar-refractivity contribution in [3.8, 4) is 5.75 Å². The summed E-state index contributed by atoms with van der Waals surface area (Å²) in [5.41, 5.74) is 5.62. The fraction of sp³-hybridized carbons (Fsp3) is 0.357. The fourth-order valence-corrected chi connectivity index (χ4v) is 1.81. The second-order valence-corrected chi connectivity index (χ2v) is 4.45. The molecule has 2 amide bonds. The van der Waals surface area contributed by atoms with Crippen molar-refractivity contribution >= 4 is 17.8 Å². The number of methoxy groups -OCH3 is 1. The Morgan fingerprint density at radius 1 is 1.33 bits per heavy atom. The predicted molar refractivity (Wildman–Crippen MR) is 74.7 cm³/mol. The number of benzene rings is 1. The summed E-state index contributed by atoms with van der Waals surface area (Å²) in [6, 6.07) is 5.82. The lowest BCUT2D eigenvalue weighted by Gasteiger charge is -2.14. The van der Waals surface area contributed by atoms with Crippen LogP contribution in [0, 0.1) is 0 Å². The molecule has 0 aliphatic heterocycles. The quantitative estimate of drug-likeness (QED) is 0.627. The Bertz CT molecular complexity index is 530. The van der Waals surface area contributed by atoms with E-state index in [2.05, 4.69) is 5.32 Å². The molecule has 1 aromatic rings. The number of ether oxygens (including phenoxy) is 1. The fourth-order valence-electron chi connectivity index (χ4n) is 1.81. The molecular weight excluding hydrogens is 276 g/mol. The van der Waals surface area contributed by atoms with Gasteiger partial charge in [0.15, 0.2) is 0 Å². The highest BCUT2D eigenvalue weighted by atomic mass is 16.5. The van der Waals surface area contributed by atoms with Gasteiger partial charge in [-0.15, -0.1) is 0 Å². The van der Waals surface area contributed by atoms with Crippen molar-refractivity contribution in [3.05, 3.63) is 29.8 Å². The topological polar surface area (TPSA) is 119 Å². The first-order chi connectivity index (χ1) is 9.93. The van der Waals surface area contributed by atoms with E-state index in [1.54, 1.807) is 24.3 Å². The van der Waals surface area contributed by atoms with Crippen LogP contribution >= 0.6 is 0 Å². The van der Waals surface area contributed by atoms with Gasteiger partial charge in [0.2, 0.25) is 11.8 Å². The Balaban J connectivity index is 2.65. The first-order valence-corrected chi connectivity index (χ1v) is 6.36. The van der Waals surface area contributed by atoms with Crippen LogP contribution in [0.5, 0.6) is 5.75 Å². The van der Waals surface area contributed by atoms with Crippen LogP contribution in [-0.2, 0) is 20.8 Å². The molecule has 1 aromatic carbocycles. The molecule has 0 heterocycles. The summed E-state index contributed by atoms with van der Waals surface area (Å²) >= 11 is 0. The molecule has 0 bridgehead atoms. The van der Waals surface area contributed by atoms with Crippen molar-refractivity contribution in [1.29, 1.82) is 0 Å². The third kappa shape index (κ3) is 5.52. The largest absolute Gasteiger partial charge is 0.496 e. The van der Waals surface area contributed by atoms with Crippen molar-refractivity contribution in [3.63, 3.8) is 0 Å². The number of carbonyl (C=O) groups excluding carboxylic acids is 2. The molecule has 0 radical (unpaired) electrons. The number of para-hydroxylation sites is 1. The highest BCUT2D eigenvalue weighted by molar-refractivity contribution is 5.85. The van der Waals surface area contributed by atoms with Crippen LogP contribution < -0.4 is 15.8 Å². The zero-order valence-electron chi connectivity index (χ0n) is 11.7. The third-order valence-corrected chi connectivity index (χ3v) is 2.86. The van der Waals surface area contributed by atoms with Crippen LogP contribution in [0.1, 0.15) is 18.4 Å². The maximum atomic E-state index is 11.9. The van der Waals surface area contributed by atoms with Gasteiger partial charge in [0.1, 0.15) is 11.8 Å². The van der Waals surface area contributed by atoms with Gasteiger partial charge in [-0.05, 0) is 12.5 Å². The Labute approximate surface area is 122 Å². The van der Waals surface area contributed by atoms with Gasteiger partial charge in [0.05, 0.1) is 13.5 Å². The molecule has 4 N–H and O–H groups in total. The first-order valence-electron chi connectivity index (χ1n) is 6.36. The molecule has 7 nitrogen and oxygen atoms in total. The van der Waals surface area contributed by atoms with E-state index in [0.29, 0.717) is 11.3 Å². The first kappa shape index (κ1) is 16.5. The van der Waals surface area contributed by atoms with Gasteiger partial charge in [0, 0.05) is 12.0 Å². The number of aliphatic carboxylic acids is 1. The maximum absolute atomic E-state index is 11.9. The number of carbonyl (C=O) groups is 3. The lowest BCUT2D eigenvalue weighted by Crippen LogP contribution is -2.42. The third-order valence-electron chi connectivity index (χ3n) is 2.86. The van der Waals surface area contributed by atoms with E-state index in [0.717, 1.165) is 0 Å². The maximum Gasteiger partial charge on any atom is 0.326 e. The number of hydrogen-bond donors (Lipinski definition) is 3. The molecule has 0 fully saturated rings. The van der Waals surface area contributed by atoms with Crippen molar-refractivity contribution in [2.24, 2.45) is 5.73 Å². The second kappa shape index (κ2) is 7.88. The van der Waals surface area contributed by atoms with E-state index >= 15 is 0 Å². The molecule has 1 rings (SSSR count). The minimum atomic E-state index is -1.20. The summed E-state index contributed by atoms with van der Waals surface area (Å²) < 4.78 is 5.12. The number of primary amides is 1. The van der Waals surface area contributed by atoms with Crippen molar-refractivity contribution < 1.29 is 24.2 Å². The van der Waals surface area contributed by atoms with E-state index in [-0.39, 0.29) is 19.3 Å². The molecule has 0 aliphatic rings. The Morgan fingerprint density at radius 3 is 2.57 bits per heavy atom. The number of carboxylic acid groups (broad SMARTS) is 1. The molecule has 114 valence electrons. The summed E-state index contributed by atoms with van der Waals surface area (Å²) in [7, 11) is 1.49. The number of carboxylic acids is 1. The van der Waals surface area contributed by atoms with E-state index in [1.807, 2.05) is 0 Å². The molecular formula is C14H18N2O5. The van der Waals surface area contributed by atoms with Gasteiger partial charge in [-0.25, -0.2) is 4.79 Å². The molecule has 7 heteroatoms. The van der Waals surface area contributed by atoms with Gasteiger partial charge in [-0.3, -0.25) is 9.59 Å². The number of nitrogens with two attached hydrogens (primary N) is 1. The zero-order chi connectivity index (χ0) is 15.8. The molecule has 0 spiro atoms. The van der Waals surface area contributed by atoms with Crippen LogP contribution in [0.3, 0.4) is 0 Å². The highest BCUT2D eigenvalue weighted by Crippen LogP contribution is 2.17. The average Bonchev–Trinajstić information content (AvgIpc) is 2.43. The summed E-state index contributed by atoms with van der Waals surface area (Å²) in [5, 5.41) is 11.4. The zero-order valence-corrected chi connectivity index (χ0v) is 11.7. The molecule has 0 saturated carbocycles. The number of nitrogens with one attached hydrogen (secondary N) is 1. The standard InChI is InChI=1S/C14H18N2O5/c1-21-11-5-3-2-4-9(11)8-13(18)16-10(14(19)20)6-7-12(15)17/h2-5,10H,6-8H2,1H3,(H2,15,17)(H,16,18)(H,19,20)/t10-/m1/s1. The lowest BCUT2D eigenvalue weighted by molar-refractivity contribution is -0.142. The van der Waals surface area contributed by atoms with E-state index < -0.39 is 23.8 Å². The lowest BCUT2D eigenvalue weighted by atomic mass is 10.1. The average molecular weight is 294 g/mol. The van der Waals surface area contributed by atoms with Gasteiger partial charge >= 0.3 is 5.97 Å². The van der Waals surface area contributed by atoms with Crippen molar-refractivity contribution in [2.45, 2.75) is 25.3 Å². The minimum absolute atomic E-state index is 0.00956. The molecule has 0 aliphatic carbocycles. The SMILES string of the molecule is COc1ccccc1CC(=O)N[C@H](CCC(N)=O)C(=O)O. The molecule has 0 saturated heterocycles. The molecule has 0 unspecified atom stereocenters.